The Bertz CT molecular complexity index is 107. The van der Waals surface area contributed by atoms with Gasteiger partial charge in [-0.1, -0.05) is 0 Å². The maximum absolute atomic E-state index is 8.43. The molecule has 1 aliphatic heterocycles. The summed E-state index contributed by atoms with van der Waals surface area (Å²) in [7, 11) is 0. The van der Waals surface area contributed by atoms with Crippen molar-refractivity contribution in [3.8, 4) is 0 Å². The molecule has 0 bridgehead atoms. The molecule has 0 aromatic heterocycles. The quantitative estimate of drug-likeness (QED) is 0.346. The van der Waals surface area contributed by atoms with E-state index in [4.69, 9.17) is 9.84 Å². The Balaban J connectivity index is 1.91. The SMILES string of the molecule is OCCOCNN1CCNCC1. The van der Waals surface area contributed by atoms with E-state index in [0.29, 0.717) is 13.3 Å². The van der Waals surface area contributed by atoms with Gasteiger partial charge in [0, 0.05) is 26.2 Å². The van der Waals surface area contributed by atoms with Crippen molar-refractivity contribution < 1.29 is 9.84 Å². The molecule has 12 heavy (non-hydrogen) atoms. The van der Waals surface area contributed by atoms with Gasteiger partial charge in [0.2, 0.25) is 0 Å². The number of hydrogen-bond donors (Lipinski definition) is 3. The van der Waals surface area contributed by atoms with Crippen LogP contribution in [0.2, 0.25) is 0 Å². The van der Waals surface area contributed by atoms with Crippen LogP contribution >= 0.6 is 0 Å². The largest absolute Gasteiger partial charge is 0.394 e. The topological polar surface area (TPSA) is 56.8 Å². The number of hydrazine groups is 1. The van der Waals surface area contributed by atoms with E-state index in [2.05, 4.69) is 15.8 Å². The fourth-order valence-electron chi connectivity index (χ4n) is 1.10. The van der Waals surface area contributed by atoms with Crippen LogP contribution in [-0.2, 0) is 4.74 Å². The fraction of sp³-hybridized carbons (Fsp3) is 1.00. The van der Waals surface area contributed by atoms with Crippen molar-refractivity contribution >= 4 is 0 Å². The van der Waals surface area contributed by atoms with Crippen LogP contribution in [0.4, 0.5) is 0 Å². The van der Waals surface area contributed by atoms with Gasteiger partial charge < -0.3 is 15.2 Å². The van der Waals surface area contributed by atoms with E-state index in [1.54, 1.807) is 0 Å². The molecule has 0 spiro atoms. The molecule has 1 heterocycles. The molecule has 1 fully saturated rings. The number of rotatable bonds is 5. The van der Waals surface area contributed by atoms with E-state index in [1.807, 2.05) is 0 Å². The van der Waals surface area contributed by atoms with Crippen molar-refractivity contribution in [2.24, 2.45) is 0 Å². The maximum atomic E-state index is 8.43. The molecule has 0 atom stereocenters. The zero-order valence-corrected chi connectivity index (χ0v) is 7.25. The molecule has 3 N–H and O–H groups in total. The number of hydrogen-bond acceptors (Lipinski definition) is 5. The van der Waals surface area contributed by atoms with Gasteiger partial charge in [-0.05, 0) is 0 Å². The molecular weight excluding hydrogens is 158 g/mol. The normalized spacial score (nSPS) is 19.8. The standard InChI is InChI=1S/C7H17N3O2/c11-5-6-12-7-9-10-3-1-8-2-4-10/h8-9,11H,1-7H2. The summed E-state index contributed by atoms with van der Waals surface area (Å²) in [6.45, 7) is 5.02. The highest BCUT2D eigenvalue weighted by Crippen LogP contribution is 1.85. The highest BCUT2D eigenvalue weighted by atomic mass is 16.5. The van der Waals surface area contributed by atoms with Crippen LogP contribution in [0.3, 0.4) is 0 Å². The summed E-state index contributed by atoms with van der Waals surface area (Å²) >= 11 is 0. The Hall–Kier alpha value is -0.200. The maximum Gasteiger partial charge on any atom is 0.109 e. The van der Waals surface area contributed by atoms with Crippen molar-refractivity contribution in [2.75, 3.05) is 46.1 Å². The van der Waals surface area contributed by atoms with E-state index in [9.17, 15) is 0 Å². The molecule has 1 rings (SSSR count). The van der Waals surface area contributed by atoms with Crippen LogP contribution in [-0.4, -0.2) is 56.2 Å². The lowest BCUT2D eigenvalue weighted by molar-refractivity contribution is 0.0268. The van der Waals surface area contributed by atoms with E-state index in [0.717, 1.165) is 26.2 Å². The number of aliphatic hydroxyl groups is 1. The summed E-state index contributed by atoms with van der Waals surface area (Å²) in [5.41, 5.74) is 3.12. The molecule has 5 heteroatoms. The Labute approximate surface area is 72.7 Å². The Morgan fingerprint density at radius 3 is 2.83 bits per heavy atom. The fourth-order valence-corrected chi connectivity index (χ4v) is 1.10. The van der Waals surface area contributed by atoms with E-state index >= 15 is 0 Å². The minimum atomic E-state index is 0.0865. The molecule has 0 amide bonds. The molecule has 72 valence electrons. The van der Waals surface area contributed by atoms with E-state index < -0.39 is 0 Å². The summed E-state index contributed by atoms with van der Waals surface area (Å²) in [5, 5.41) is 13.8. The van der Waals surface area contributed by atoms with E-state index in [1.165, 1.54) is 0 Å². The summed E-state index contributed by atoms with van der Waals surface area (Å²) in [4.78, 5) is 0. The first-order chi connectivity index (χ1) is 5.93. The highest BCUT2D eigenvalue weighted by molar-refractivity contribution is 4.62. The predicted molar refractivity (Wildman–Crippen MR) is 45.5 cm³/mol. The van der Waals surface area contributed by atoms with Crippen molar-refractivity contribution in [3.05, 3.63) is 0 Å². The molecule has 0 unspecified atom stereocenters. The van der Waals surface area contributed by atoms with Crippen molar-refractivity contribution in [1.82, 2.24) is 15.8 Å². The summed E-state index contributed by atoms with van der Waals surface area (Å²) < 4.78 is 5.06. The van der Waals surface area contributed by atoms with Gasteiger partial charge in [0.15, 0.2) is 0 Å². The lowest BCUT2D eigenvalue weighted by atomic mass is 10.4. The summed E-state index contributed by atoms with van der Waals surface area (Å²) in [6, 6.07) is 0. The second-order valence-corrected chi connectivity index (χ2v) is 2.67. The first kappa shape index (κ1) is 9.88. The van der Waals surface area contributed by atoms with Crippen molar-refractivity contribution in [3.63, 3.8) is 0 Å². The van der Waals surface area contributed by atoms with Gasteiger partial charge in [-0.3, -0.25) is 0 Å². The monoisotopic (exact) mass is 175 g/mol. The third-order valence-corrected chi connectivity index (χ3v) is 1.74. The van der Waals surface area contributed by atoms with Crippen LogP contribution in [0, 0.1) is 0 Å². The predicted octanol–water partition coefficient (Wildman–Crippen LogP) is -1.64. The third kappa shape index (κ3) is 3.99. The molecule has 1 aliphatic rings. The van der Waals surface area contributed by atoms with Gasteiger partial charge in [0.1, 0.15) is 6.73 Å². The zero-order valence-electron chi connectivity index (χ0n) is 7.25. The zero-order chi connectivity index (χ0) is 8.65. The number of piperazine rings is 1. The molecule has 5 nitrogen and oxygen atoms in total. The van der Waals surface area contributed by atoms with Gasteiger partial charge in [-0.15, -0.1) is 0 Å². The van der Waals surface area contributed by atoms with Crippen LogP contribution in [0.15, 0.2) is 0 Å². The lowest BCUT2D eigenvalue weighted by Crippen LogP contribution is -2.50. The molecular formula is C7H17N3O2. The number of aliphatic hydroxyl groups excluding tert-OH is 1. The van der Waals surface area contributed by atoms with Gasteiger partial charge in [-0.25, -0.2) is 10.4 Å². The minimum absolute atomic E-state index is 0.0865. The van der Waals surface area contributed by atoms with Gasteiger partial charge in [0.25, 0.3) is 0 Å². The summed E-state index contributed by atoms with van der Waals surface area (Å²) in [6.07, 6.45) is 0. The van der Waals surface area contributed by atoms with Crippen molar-refractivity contribution in [1.29, 1.82) is 0 Å². The second kappa shape index (κ2) is 6.33. The highest BCUT2D eigenvalue weighted by Gasteiger charge is 2.07. The van der Waals surface area contributed by atoms with Gasteiger partial charge in [0.05, 0.1) is 13.2 Å². The van der Waals surface area contributed by atoms with Crippen LogP contribution < -0.4 is 10.7 Å². The smallest absolute Gasteiger partial charge is 0.109 e. The molecule has 0 radical (unpaired) electrons. The second-order valence-electron chi connectivity index (χ2n) is 2.67. The number of nitrogens with one attached hydrogen (secondary N) is 2. The van der Waals surface area contributed by atoms with Gasteiger partial charge in [-0.2, -0.15) is 0 Å². The number of nitrogens with zero attached hydrogens (tertiary/aromatic N) is 1. The minimum Gasteiger partial charge on any atom is -0.394 e. The Morgan fingerprint density at radius 2 is 2.17 bits per heavy atom. The third-order valence-electron chi connectivity index (χ3n) is 1.74. The number of ether oxygens (including phenoxy) is 1. The van der Waals surface area contributed by atoms with Crippen LogP contribution in [0.5, 0.6) is 0 Å². The average molecular weight is 175 g/mol. The molecule has 0 aromatic rings. The summed E-state index contributed by atoms with van der Waals surface area (Å²) in [5.74, 6) is 0. The van der Waals surface area contributed by atoms with Crippen molar-refractivity contribution in [2.45, 2.75) is 0 Å². The molecule has 0 aromatic carbocycles. The van der Waals surface area contributed by atoms with Crippen LogP contribution in [0.1, 0.15) is 0 Å². The average Bonchev–Trinajstić information content (AvgIpc) is 2.14. The molecule has 0 saturated carbocycles. The Kier molecular flexibility index (Phi) is 5.21. The first-order valence-corrected chi connectivity index (χ1v) is 4.31. The van der Waals surface area contributed by atoms with Crippen LogP contribution in [0.25, 0.3) is 0 Å². The lowest BCUT2D eigenvalue weighted by Gasteiger charge is -2.27. The first-order valence-electron chi connectivity index (χ1n) is 4.31. The molecule has 1 saturated heterocycles. The Morgan fingerprint density at radius 1 is 1.42 bits per heavy atom. The van der Waals surface area contributed by atoms with E-state index in [-0.39, 0.29) is 6.61 Å². The molecule has 0 aliphatic carbocycles. The van der Waals surface area contributed by atoms with Gasteiger partial charge >= 0.3 is 0 Å².